The second kappa shape index (κ2) is 14.6. The molecule has 0 radical (unpaired) electrons. The first-order valence-electron chi connectivity index (χ1n) is 6.17. The van der Waals surface area contributed by atoms with E-state index in [9.17, 15) is 0 Å². The lowest BCUT2D eigenvalue weighted by atomic mass is 10.1. The summed E-state index contributed by atoms with van der Waals surface area (Å²) in [6, 6.07) is 0.664. The van der Waals surface area contributed by atoms with Gasteiger partial charge >= 0.3 is 0 Å². The van der Waals surface area contributed by atoms with Crippen LogP contribution < -0.4 is 11.5 Å². The third kappa shape index (κ3) is 17.2. The Kier molecular flexibility index (Phi) is 19.7. The molecule has 0 bridgehead atoms. The molecule has 2 atom stereocenters. The highest BCUT2D eigenvalue weighted by molar-refractivity contribution is 8.76. The quantitative estimate of drug-likeness (QED) is 0.494. The molecule has 114 valence electrons. The minimum atomic E-state index is 0. The van der Waals surface area contributed by atoms with E-state index in [1.54, 1.807) is 0 Å². The molecule has 0 rings (SSSR count). The monoisotopic (exact) mass is 336 g/mol. The molecule has 0 fully saturated rings. The average molecular weight is 337 g/mol. The summed E-state index contributed by atoms with van der Waals surface area (Å²) >= 11 is 0. The van der Waals surface area contributed by atoms with Crippen LogP contribution >= 0.6 is 46.4 Å². The fraction of sp³-hybridized carbons (Fsp3) is 1.00. The zero-order chi connectivity index (χ0) is 12.6. The molecule has 0 spiro atoms. The third-order valence-corrected chi connectivity index (χ3v) is 4.81. The zero-order valence-corrected chi connectivity index (χ0v) is 15.2. The number of hydrogen-bond acceptors (Lipinski definition) is 4. The van der Waals surface area contributed by atoms with Gasteiger partial charge in [-0.2, -0.15) is 0 Å². The van der Waals surface area contributed by atoms with Crippen molar-refractivity contribution in [2.75, 3.05) is 11.5 Å². The highest BCUT2D eigenvalue weighted by Crippen LogP contribution is 2.24. The molecule has 0 heterocycles. The fourth-order valence-corrected chi connectivity index (χ4v) is 4.06. The van der Waals surface area contributed by atoms with Crippen LogP contribution in [0, 0.1) is 11.8 Å². The molecular weight excluding hydrogens is 307 g/mol. The van der Waals surface area contributed by atoms with Gasteiger partial charge in [-0.15, -0.1) is 24.8 Å². The molecule has 0 aliphatic heterocycles. The summed E-state index contributed by atoms with van der Waals surface area (Å²) in [6.45, 7) is 8.87. The van der Waals surface area contributed by atoms with Gasteiger partial charge in [0.1, 0.15) is 0 Å². The van der Waals surface area contributed by atoms with Gasteiger partial charge in [0.25, 0.3) is 0 Å². The van der Waals surface area contributed by atoms with Crippen LogP contribution in [-0.4, -0.2) is 23.6 Å². The van der Waals surface area contributed by atoms with Crippen molar-refractivity contribution in [3.05, 3.63) is 0 Å². The van der Waals surface area contributed by atoms with Crippen molar-refractivity contribution < 1.29 is 0 Å². The molecule has 0 saturated heterocycles. The molecule has 2 nitrogen and oxygen atoms in total. The molecule has 0 aromatic rings. The molecule has 18 heavy (non-hydrogen) atoms. The predicted molar refractivity (Wildman–Crippen MR) is 94.3 cm³/mol. The Labute approximate surface area is 133 Å². The summed E-state index contributed by atoms with van der Waals surface area (Å²) in [5, 5.41) is 0. The summed E-state index contributed by atoms with van der Waals surface area (Å²) in [7, 11) is 3.74. The minimum absolute atomic E-state index is 0. The van der Waals surface area contributed by atoms with Crippen LogP contribution in [0.5, 0.6) is 0 Å². The number of rotatable bonds is 9. The largest absolute Gasteiger partial charge is 0.327 e. The lowest BCUT2D eigenvalue weighted by molar-refractivity contribution is 0.524. The first-order valence-corrected chi connectivity index (χ1v) is 8.66. The molecule has 4 N–H and O–H groups in total. The van der Waals surface area contributed by atoms with Crippen molar-refractivity contribution in [1.82, 2.24) is 0 Å². The first kappa shape index (κ1) is 24.2. The molecule has 0 aromatic heterocycles. The maximum atomic E-state index is 6.01. The van der Waals surface area contributed by atoms with Crippen molar-refractivity contribution >= 4 is 46.4 Å². The van der Waals surface area contributed by atoms with E-state index >= 15 is 0 Å². The molecule has 1 unspecified atom stereocenters. The molecule has 0 saturated carbocycles. The standard InChI is InChI=1S/C12H28N2S2.2ClH/c1-9(2)5-11(13)7-15-16-8-12(14)6-10(3)4;;/h9-12H,5-8,13-14H2,1-4H3;2*1H/t11-,12?;;/m1../s1. The Morgan fingerprint density at radius 1 is 0.722 bits per heavy atom. The maximum Gasteiger partial charge on any atom is 0.0189 e. The van der Waals surface area contributed by atoms with Gasteiger partial charge in [0.15, 0.2) is 0 Å². The number of nitrogens with two attached hydrogens (primary N) is 2. The highest BCUT2D eigenvalue weighted by atomic mass is 35.5. The Balaban J connectivity index is -0.00000112. The highest BCUT2D eigenvalue weighted by Gasteiger charge is 2.08. The molecule has 0 aliphatic carbocycles. The number of halogens is 2. The smallest absolute Gasteiger partial charge is 0.0189 e. The third-order valence-electron chi connectivity index (χ3n) is 2.20. The summed E-state index contributed by atoms with van der Waals surface area (Å²) in [6.07, 6.45) is 2.23. The SMILES string of the molecule is CC(C)CC(N)CSSC[C@H](N)CC(C)C.Cl.Cl. The van der Waals surface area contributed by atoms with Crippen LogP contribution in [0.4, 0.5) is 0 Å². The normalized spacial score (nSPS) is 14.0. The van der Waals surface area contributed by atoms with Crippen LogP contribution in [0.2, 0.25) is 0 Å². The average Bonchev–Trinajstić information content (AvgIpc) is 2.10. The summed E-state index contributed by atoms with van der Waals surface area (Å²) < 4.78 is 0. The van der Waals surface area contributed by atoms with Gasteiger partial charge in [0, 0.05) is 23.6 Å². The predicted octanol–water partition coefficient (Wildman–Crippen LogP) is 3.96. The Hall–Kier alpha value is 1.20. The lowest BCUT2D eigenvalue weighted by Gasteiger charge is -2.15. The van der Waals surface area contributed by atoms with E-state index in [4.69, 9.17) is 11.5 Å². The van der Waals surface area contributed by atoms with Gasteiger partial charge < -0.3 is 11.5 Å². The van der Waals surface area contributed by atoms with Gasteiger partial charge in [-0.05, 0) is 24.7 Å². The molecular formula is C12H30Cl2N2S2. The summed E-state index contributed by atoms with van der Waals surface area (Å²) in [5.74, 6) is 3.47. The minimum Gasteiger partial charge on any atom is -0.327 e. The van der Waals surface area contributed by atoms with Crippen LogP contribution in [0.25, 0.3) is 0 Å². The molecule has 6 heteroatoms. The van der Waals surface area contributed by atoms with Crippen LogP contribution in [0.15, 0.2) is 0 Å². The van der Waals surface area contributed by atoms with E-state index in [-0.39, 0.29) is 24.8 Å². The van der Waals surface area contributed by atoms with E-state index in [1.807, 2.05) is 21.6 Å². The van der Waals surface area contributed by atoms with Crippen molar-refractivity contribution in [1.29, 1.82) is 0 Å². The second-order valence-electron chi connectivity index (χ2n) is 5.35. The lowest BCUT2D eigenvalue weighted by Crippen LogP contribution is -2.26. The van der Waals surface area contributed by atoms with E-state index in [1.165, 1.54) is 0 Å². The Bertz CT molecular complexity index is 154. The van der Waals surface area contributed by atoms with E-state index in [0.29, 0.717) is 23.9 Å². The van der Waals surface area contributed by atoms with Gasteiger partial charge in [-0.25, -0.2) is 0 Å². The molecule has 0 amide bonds. The number of hydrogen-bond donors (Lipinski definition) is 2. The van der Waals surface area contributed by atoms with Crippen molar-refractivity contribution in [3.63, 3.8) is 0 Å². The summed E-state index contributed by atoms with van der Waals surface area (Å²) in [5.41, 5.74) is 12.0. The van der Waals surface area contributed by atoms with Gasteiger partial charge in [0.2, 0.25) is 0 Å². The van der Waals surface area contributed by atoms with Crippen LogP contribution in [0.3, 0.4) is 0 Å². The van der Waals surface area contributed by atoms with Gasteiger partial charge in [-0.3, -0.25) is 0 Å². The van der Waals surface area contributed by atoms with Crippen molar-refractivity contribution in [3.8, 4) is 0 Å². The van der Waals surface area contributed by atoms with Crippen LogP contribution in [-0.2, 0) is 0 Å². The maximum absolute atomic E-state index is 6.01. The second-order valence-corrected chi connectivity index (χ2v) is 7.90. The van der Waals surface area contributed by atoms with E-state index < -0.39 is 0 Å². The van der Waals surface area contributed by atoms with Crippen molar-refractivity contribution in [2.24, 2.45) is 23.3 Å². The molecule has 0 aliphatic rings. The first-order chi connectivity index (χ1) is 7.41. The van der Waals surface area contributed by atoms with Crippen LogP contribution in [0.1, 0.15) is 40.5 Å². The van der Waals surface area contributed by atoms with E-state index in [2.05, 4.69) is 27.7 Å². The Morgan fingerprint density at radius 2 is 1.00 bits per heavy atom. The van der Waals surface area contributed by atoms with Gasteiger partial charge in [0.05, 0.1) is 0 Å². The van der Waals surface area contributed by atoms with Gasteiger partial charge in [-0.1, -0.05) is 49.3 Å². The molecule has 0 aromatic carbocycles. The van der Waals surface area contributed by atoms with Crippen molar-refractivity contribution in [2.45, 2.75) is 52.6 Å². The fourth-order valence-electron chi connectivity index (χ4n) is 1.62. The topological polar surface area (TPSA) is 52.0 Å². The van der Waals surface area contributed by atoms with E-state index in [0.717, 1.165) is 24.3 Å². The summed E-state index contributed by atoms with van der Waals surface area (Å²) in [4.78, 5) is 0. The Morgan fingerprint density at radius 3 is 1.22 bits per heavy atom. The zero-order valence-electron chi connectivity index (χ0n) is 11.9.